The molecule has 10 nitrogen and oxygen atoms in total. The first-order valence-electron chi connectivity index (χ1n) is 15.9. The average Bonchev–Trinajstić information content (AvgIpc) is 3.03. The zero-order valence-corrected chi connectivity index (χ0v) is 27.6. The highest BCUT2D eigenvalue weighted by atomic mass is 16.3. The van der Waals surface area contributed by atoms with Gasteiger partial charge in [-0.2, -0.15) is 0 Å². The number of Topliss-reactive ketones (excluding diaryl/α,β-unsaturated/α-hetero) is 1. The van der Waals surface area contributed by atoms with E-state index in [1.54, 1.807) is 19.1 Å². The van der Waals surface area contributed by atoms with Crippen LogP contribution in [0.3, 0.4) is 0 Å². The van der Waals surface area contributed by atoms with Gasteiger partial charge in [0.15, 0.2) is 11.6 Å². The predicted molar refractivity (Wildman–Crippen MR) is 188 cm³/mol. The Labute approximate surface area is 288 Å². The molecule has 0 radical (unpaired) electrons. The van der Waals surface area contributed by atoms with Crippen LogP contribution < -0.4 is 0 Å². The molecule has 0 spiro atoms. The zero-order valence-electron chi connectivity index (χ0n) is 27.6. The second-order valence-electron chi connectivity index (χ2n) is 12.8. The van der Waals surface area contributed by atoms with Crippen LogP contribution >= 0.6 is 0 Å². The number of aromatic hydroxyl groups is 8. The first kappa shape index (κ1) is 35.2. The Hall–Kier alpha value is -6.16. The van der Waals surface area contributed by atoms with Crippen molar-refractivity contribution < 1.29 is 50.4 Å². The molecular formula is C40H38O10. The van der Waals surface area contributed by atoms with Crippen molar-refractivity contribution in [3.8, 4) is 46.0 Å². The smallest absolute Gasteiger partial charge is 0.189 e. The third kappa shape index (κ3) is 7.00. The van der Waals surface area contributed by atoms with Gasteiger partial charge in [-0.25, -0.2) is 0 Å². The van der Waals surface area contributed by atoms with Gasteiger partial charge in [0.05, 0.1) is 16.7 Å². The molecule has 8 N–H and O–H groups in total. The molecule has 0 aliphatic heterocycles. The molecule has 258 valence electrons. The molecule has 0 saturated carbocycles. The SMILES string of the molecule is CC1=CC(c2c(O)ccc(C(=O)C=Cc3ccc(O)cc3O)c2O)C(C(=O)c2ccc(O)c(C=CC(C)C)c2O)C(c2ccc(O)cc2O)C1. The number of rotatable bonds is 9. The molecule has 4 aromatic carbocycles. The van der Waals surface area contributed by atoms with Crippen molar-refractivity contribution in [1.29, 1.82) is 0 Å². The Morgan fingerprint density at radius 3 is 2.02 bits per heavy atom. The molecule has 10 heteroatoms. The molecule has 4 aromatic rings. The lowest BCUT2D eigenvalue weighted by atomic mass is 9.65. The minimum absolute atomic E-state index is 0.0254. The molecular weight excluding hydrogens is 640 g/mol. The molecule has 0 bridgehead atoms. The Kier molecular flexibility index (Phi) is 9.94. The number of carbonyl (C=O) groups excluding carboxylic acids is 2. The van der Waals surface area contributed by atoms with Crippen LogP contribution in [0.5, 0.6) is 46.0 Å². The fourth-order valence-electron chi connectivity index (χ4n) is 6.44. The van der Waals surface area contributed by atoms with E-state index in [1.807, 2.05) is 13.8 Å². The molecule has 0 heterocycles. The molecule has 0 fully saturated rings. The van der Waals surface area contributed by atoms with Crippen molar-refractivity contribution >= 4 is 23.7 Å². The highest BCUT2D eigenvalue weighted by Crippen LogP contribution is 2.53. The third-order valence-electron chi connectivity index (χ3n) is 8.87. The number of benzene rings is 4. The molecule has 0 aromatic heterocycles. The van der Waals surface area contributed by atoms with E-state index in [9.17, 15) is 50.4 Å². The summed E-state index contributed by atoms with van der Waals surface area (Å²) in [6.45, 7) is 5.59. The quantitative estimate of drug-likeness (QED) is 0.0495. The fraction of sp³-hybridized carbons (Fsp3) is 0.200. The van der Waals surface area contributed by atoms with Gasteiger partial charge in [-0.15, -0.1) is 0 Å². The summed E-state index contributed by atoms with van der Waals surface area (Å²) < 4.78 is 0. The maximum absolute atomic E-state index is 14.7. The number of phenolic OH excluding ortho intramolecular Hbond substituents is 8. The van der Waals surface area contributed by atoms with Crippen LogP contribution in [0.1, 0.15) is 82.0 Å². The summed E-state index contributed by atoms with van der Waals surface area (Å²) >= 11 is 0. The first-order valence-corrected chi connectivity index (χ1v) is 15.9. The average molecular weight is 679 g/mol. The van der Waals surface area contributed by atoms with Crippen LogP contribution in [-0.4, -0.2) is 52.4 Å². The Morgan fingerprint density at radius 2 is 1.36 bits per heavy atom. The first-order chi connectivity index (χ1) is 23.7. The highest BCUT2D eigenvalue weighted by Gasteiger charge is 2.43. The van der Waals surface area contributed by atoms with Crippen molar-refractivity contribution in [2.75, 3.05) is 0 Å². The summed E-state index contributed by atoms with van der Waals surface area (Å²) in [7, 11) is 0. The number of phenols is 8. The number of allylic oxidation sites excluding steroid dienone is 4. The van der Waals surface area contributed by atoms with E-state index >= 15 is 0 Å². The molecule has 1 aliphatic rings. The van der Waals surface area contributed by atoms with Crippen molar-refractivity contribution in [3.05, 3.63) is 118 Å². The van der Waals surface area contributed by atoms with E-state index in [1.165, 1.54) is 60.7 Å². The summed E-state index contributed by atoms with van der Waals surface area (Å²) in [6, 6.07) is 12.8. The topological polar surface area (TPSA) is 196 Å². The van der Waals surface area contributed by atoms with E-state index in [0.717, 1.165) is 23.8 Å². The summed E-state index contributed by atoms with van der Waals surface area (Å²) in [4.78, 5) is 28.1. The summed E-state index contributed by atoms with van der Waals surface area (Å²) in [5, 5.41) is 85.4. The van der Waals surface area contributed by atoms with Crippen LogP contribution in [0.25, 0.3) is 12.2 Å². The molecule has 3 unspecified atom stereocenters. The zero-order chi connectivity index (χ0) is 36.4. The minimum Gasteiger partial charge on any atom is -0.508 e. The molecule has 1 aliphatic carbocycles. The van der Waals surface area contributed by atoms with Gasteiger partial charge in [-0.1, -0.05) is 43.7 Å². The van der Waals surface area contributed by atoms with Crippen molar-refractivity contribution in [3.63, 3.8) is 0 Å². The van der Waals surface area contributed by atoms with E-state index in [0.29, 0.717) is 5.56 Å². The van der Waals surface area contributed by atoms with Gasteiger partial charge in [0.1, 0.15) is 46.0 Å². The van der Waals surface area contributed by atoms with Crippen molar-refractivity contribution in [2.24, 2.45) is 11.8 Å². The van der Waals surface area contributed by atoms with Crippen LogP contribution in [0.4, 0.5) is 0 Å². The maximum Gasteiger partial charge on any atom is 0.189 e. The number of ketones is 2. The lowest BCUT2D eigenvalue weighted by Gasteiger charge is -2.37. The maximum atomic E-state index is 14.7. The monoisotopic (exact) mass is 678 g/mol. The van der Waals surface area contributed by atoms with E-state index in [-0.39, 0.29) is 68.9 Å². The normalized spacial score (nSPS) is 17.8. The van der Waals surface area contributed by atoms with Crippen molar-refractivity contribution in [1.82, 2.24) is 0 Å². The molecule has 0 amide bonds. The van der Waals surface area contributed by atoms with Gasteiger partial charge in [0, 0.05) is 41.0 Å². The molecule has 3 atom stereocenters. The Morgan fingerprint density at radius 1 is 0.720 bits per heavy atom. The van der Waals surface area contributed by atoms with Crippen LogP contribution in [0, 0.1) is 11.8 Å². The second-order valence-corrected chi connectivity index (χ2v) is 12.8. The Balaban J connectivity index is 1.68. The molecule has 50 heavy (non-hydrogen) atoms. The fourth-order valence-corrected chi connectivity index (χ4v) is 6.44. The van der Waals surface area contributed by atoms with Gasteiger partial charge >= 0.3 is 0 Å². The van der Waals surface area contributed by atoms with E-state index in [4.69, 9.17) is 0 Å². The van der Waals surface area contributed by atoms with E-state index < -0.39 is 46.6 Å². The minimum atomic E-state index is -1.20. The lowest BCUT2D eigenvalue weighted by Crippen LogP contribution is -2.32. The standard InChI is InChI=1S/C40H38O10/c1-20(2)4-9-26-32(44)14-12-28(38(26)48)40(50)36-29(25-10-8-24(42)19-35(25)47)16-21(3)17-30(36)37-33(45)15-11-27(39(37)49)31(43)13-6-22-5-7-23(41)18-34(22)46/h4-15,17-20,29-30,36,41-42,44-49H,16H2,1-3H3. The van der Waals surface area contributed by atoms with Gasteiger partial charge in [0.25, 0.3) is 0 Å². The van der Waals surface area contributed by atoms with Crippen LogP contribution in [0.2, 0.25) is 0 Å². The second kappa shape index (κ2) is 14.1. The van der Waals surface area contributed by atoms with Crippen molar-refractivity contribution in [2.45, 2.75) is 39.0 Å². The molecule has 5 rings (SSSR count). The Bertz CT molecular complexity index is 2070. The molecule has 0 saturated heterocycles. The predicted octanol–water partition coefficient (Wildman–Crippen LogP) is 7.61. The summed E-state index contributed by atoms with van der Waals surface area (Å²) in [5.74, 6) is -7.08. The van der Waals surface area contributed by atoms with Gasteiger partial charge in [-0.3, -0.25) is 9.59 Å². The van der Waals surface area contributed by atoms with Gasteiger partial charge in [0.2, 0.25) is 0 Å². The number of carbonyl (C=O) groups is 2. The van der Waals surface area contributed by atoms with Gasteiger partial charge < -0.3 is 40.9 Å². The third-order valence-corrected chi connectivity index (χ3v) is 8.87. The van der Waals surface area contributed by atoms with Crippen LogP contribution in [-0.2, 0) is 0 Å². The highest BCUT2D eigenvalue weighted by molar-refractivity contribution is 6.09. The largest absolute Gasteiger partial charge is 0.508 e. The number of hydrogen-bond acceptors (Lipinski definition) is 10. The van der Waals surface area contributed by atoms with Gasteiger partial charge in [-0.05, 0) is 79.4 Å². The lowest BCUT2D eigenvalue weighted by molar-refractivity contribution is 0.0876. The van der Waals surface area contributed by atoms with Crippen LogP contribution in [0.15, 0.2) is 84.5 Å². The summed E-state index contributed by atoms with van der Waals surface area (Å²) in [5.41, 5.74) is 0.755. The van der Waals surface area contributed by atoms with E-state index in [2.05, 4.69) is 0 Å². The summed E-state index contributed by atoms with van der Waals surface area (Å²) in [6.07, 6.45) is 7.57. The number of hydrogen-bond donors (Lipinski definition) is 8.